The van der Waals surface area contributed by atoms with Crippen LogP contribution in [0.15, 0.2) is 66.7 Å². The number of benzene rings is 3. The van der Waals surface area contributed by atoms with E-state index in [1.165, 1.54) is 38.7 Å². The lowest BCUT2D eigenvalue weighted by Crippen LogP contribution is -2.26. The molecule has 0 amide bonds. The maximum Gasteiger partial charge on any atom is -0.00254 e. The molecule has 0 fully saturated rings. The molecule has 0 heterocycles. The third-order valence-corrected chi connectivity index (χ3v) is 6.79. The molecule has 0 N–H and O–H groups in total. The summed E-state index contributed by atoms with van der Waals surface area (Å²) in [6, 6.07) is 24.5. The lowest BCUT2D eigenvalue weighted by molar-refractivity contribution is 0.532. The lowest BCUT2D eigenvalue weighted by atomic mass is 9.70. The highest BCUT2D eigenvalue weighted by Crippen LogP contribution is 2.47. The van der Waals surface area contributed by atoms with Gasteiger partial charge in [-0.3, -0.25) is 0 Å². The molecule has 0 aliphatic heterocycles. The Bertz CT molecular complexity index is 969. The van der Waals surface area contributed by atoms with Crippen molar-refractivity contribution >= 4 is 13.2 Å². The summed E-state index contributed by atoms with van der Waals surface area (Å²) in [4.78, 5) is 0. The van der Waals surface area contributed by atoms with E-state index in [0.717, 1.165) is 0 Å². The molecule has 0 saturated carbocycles. The van der Waals surface area contributed by atoms with Crippen molar-refractivity contribution in [2.24, 2.45) is 0 Å². The van der Waals surface area contributed by atoms with Crippen LogP contribution in [0.3, 0.4) is 0 Å². The Hall–Kier alpha value is -1.91. The van der Waals surface area contributed by atoms with Gasteiger partial charge in [0, 0.05) is 0 Å². The van der Waals surface area contributed by atoms with Crippen LogP contribution in [0.4, 0.5) is 0 Å². The zero-order valence-corrected chi connectivity index (χ0v) is 20.2. The molecule has 29 heavy (non-hydrogen) atoms. The van der Waals surface area contributed by atoms with Crippen molar-refractivity contribution in [1.82, 2.24) is 0 Å². The quantitative estimate of drug-likeness (QED) is 0.390. The zero-order chi connectivity index (χ0) is 21.4. The minimum atomic E-state index is -0.258. The molecule has 0 spiro atoms. The van der Waals surface area contributed by atoms with Crippen LogP contribution < -0.4 is 5.30 Å². The molecule has 0 unspecified atom stereocenters. The highest BCUT2D eigenvalue weighted by Gasteiger charge is 2.32. The Labute approximate surface area is 179 Å². The second-order valence-corrected chi connectivity index (χ2v) is 12.5. The molecule has 3 aromatic rings. The molecule has 3 aromatic carbocycles. The predicted molar refractivity (Wildman–Crippen MR) is 133 cm³/mol. The van der Waals surface area contributed by atoms with Gasteiger partial charge in [0.1, 0.15) is 0 Å². The van der Waals surface area contributed by atoms with Gasteiger partial charge in [0.15, 0.2) is 0 Å². The zero-order valence-electron chi connectivity index (χ0n) is 19.3. The average Bonchev–Trinajstić information content (AvgIpc) is 2.66. The smallest absolute Gasteiger partial charge is 0.00254 e. The van der Waals surface area contributed by atoms with Crippen molar-refractivity contribution in [1.29, 1.82) is 0 Å². The van der Waals surface area contributed by atoms with E-state index in [-0.39, 0.29) is 18.8 Å². The van der Waals surface area contributed by atoms with Crippen LogP contribution >= 0.6 is 7.92 Å². The average molecular weight is 403 g/mol. The van der Waals surface area contributed by atoms with Crippen molar-refractivity contribution in [3.63, 3.8) is 0 Å². The van der Waals surface area contributed by atoms with Gasteiger partial charge in [0.25, 0.3) is 0 Å². The van der Waals surface area contributed by atoms with Crippen molar-refractivity contribution < 1.29 is 0 Å². The van der Waals surface area contributed by atoms with Gasteiger partial charge in [0.2, 0.25) is 0 Å². The van der Waals surface area contributed by atoms with Gasteiger partial charge in [-0.25, -0.2) is 0 Å². The van der Waals surface area contributed by atoms with Crippen molar-refractivity contribution in [3.8, 4) is 22.3 Å². The first-order valence-electron chi connectivity index (χ1n) is 10.5. The van der Waals surface area contributed by atoms with Gasteiger partial charge >= 0.3 is 0 Å². The van der Waals surface area contributed by atoms with E-state index < -0.39 is 0 Å². The standard InChI is InChI=1S/C28H35P/c1-27(2,3)22-19-23(29(7)8)24(20-15-11-9-12-16-20)25(26(22)28(4,5)6)21-17-13-10-14-18-21/h9-19H,1-8H3. The second-order valence-electron chi connectivity index (χ2n) is 10.2. The SMILES string of the molecule is CP(C)c1cc(C(C)(C)C)c(C(C)(C)C)c(-c2ccccc2)c1-c1ccccc1. The normalized spacial score (nSPS) is 12.4. The molecular weight excluding hydrogens is 367 g/mol. The second kappa shape index (κ2) is 8.08. The Morgan fingerprint density at radius 3 is 1.41 bits per heavy atom. The van der Waals surface area contributed by atoms with Crippen LogP contribution in [-0.4, -0.2) is 13.3 Å². The molecular formula is C28H35P. The minimum Gasteiger partial charge on any atom is -0.0810 e. The predicted octanol–water partition coefficient (Wildman–Crippen LogP) is 7.98. The molecule has 0 atom stereocenters. The molecule has 0 radical (unpaired) electrons. The van der Waals surface area contributed by atoms with Gasteiger partial charge in [-0.1, -0.05) is 110 Å². The van der Waals surface area contributed by atoms with Crippen LogP contribution in [0.1, 0.15) is 52.7 Å². The number of rotatable bonds is 3. The number of hydrogen-bond acceptors (Lipinski definition) is 0. The summed E-state index contributed by atoms with van der Waals surface area (Å²) in [5.74, 6) is 0. The molecule has 3 rings (SSSR count). The highest BCUT2D eigenvalue weighted by molar-refractivity contribution is 7.64. The van der Waals surface area contributed by atoms with E-state index in [2.05, 4.69) is 122 Å². The summed E-state index contributed by atoms with van der Waals surface area (Å²) >= 11 is 0. The first-order chi connectivity index (χ1) is 13.5. The maximum absolute atomic E-state index is 2.53. The minimum absolute atomic E-state index is 0.0418. The summed E-state index contributed by atoms with van der Waals surface area (Å²) in [6.07, 6.45) is 0. The third kappa shape index (κ3) is 4.49. The van der Waals surface area contributed by atoms with Crippen molar-refractivity contribution in [2.75, 3.05) is 13.3 Å². The fourth-order valence-electron chi connectivity index (χ4n) is 4.18. The topological polar surface area (TPSA) is 0 Å². The fourth-order valence-corrected chi connectivity index (χ4v) is 5.26. The largest absolute Gasteiger partial charge is 0.0810 e. The van der Waals surface area contributed by atoms with Gasteiger partial charge in [-0.2, -0.15) is 0 Å². The molecule has 0 aliphatic rings. The summed E-state index contributed by atoms with van der Waals surface area (Å²) in [7, 11) is -0.258. The van der Waals surface area contributed by atoms with Crippen molar-refractivity contribution in [2.45, 2.75) is 52.4 Å². The van der Waals surface area contributed by atoms with Gasteiger partial charge in [-0.05, 0) is 68.9 Å². The molecule has 0 saturated heterocycles. The first kappa shape index (κ1) is 21.8. The Kier molecular flexibility index (Phi) is 6.07. The Balaban J connectivity index is 2.60. The van der Waals surface area contributed by atoms with E-state index in [4.69, 9.17) is 0 Å². The maximum atomic E-state index is 2.53. The molecule has 0 aliphatic carbocycles. The summed E-state index contributed by atoms with van der Waals surface area (Å²) in [6.45, 7) is 18.9. The molecule has 0 aromatic heterocycles. The van der Waals surface area contributed by atoms with E-state index in [1.807, 2.05) is 0 Å². The monoisotopic (exact) mass is 402 g/mol. The third-order valence-electron chi connectivity index (χ3n) is 5.47. The van der Waals surface area contributed by atoms with E-state index in [0.29, 0.717) is 0 Å². The van der Waals surface area contributed by atoms with E-state index in [9.17, 15) is 0 Å². The Morgan fingerprint density at radius 2 is 1.03 bits per heavy atom. The van der Waals surface area contributed by atoms with Crippen LogP contribution in [0, 0.1) is 0 Å². The lowest BCUT2D eigenvalue weighted by Gasteiger charge is -2.36. The van der Waals surface area contributed by atoms with Gasteiger partial charge in [-0.15, -0.1) is 0 Å². The summed E-state index contributed by atoms with van der Waals surface area (Å²) < 4.78 is 0. The Morgan fingerprint density at radius 1 is 0.586 bits per heavy atom. The first-order valence-corrected chi connectivity index (χ1v) is 12.8. The van der Waals surface area contributed by atoms with Crippen LogP contribution in [0.5, 0.6) is 0 Å². The van der Waals surface area contributed by atoms with Crippen LogP contribution in [0.25, 0.3) is 22.3 Å². The van der Waals surface area contributed by atoms with E-state index >= 15 is 0 Å². The van der Waals surface area contributed by atoms with E-state index in [1.54, 1.807) is 0 Å². The van der Waals surface area contributed by atoms with Gasteiger partial charge in [0.05, 0.1) is 0 Å². The highest BCUT2D eigenvalue weighted by atomic mass is 31.1. The van der Waals surface area contributed by atoms with Crippen LogP contribution in [-0.2, 0) is 10.8 Å². The molecule has 1 heteroatoms. The summed E-state index contributed by atoms with van der Waals surface area (Å²) in [5.41, 5.74) is 8.57. The van der Waals surface area contributed by atoms with Crippen molar-refractivity contribution in [3.05, 3.63) is 77.9 Å². The fraction of sp³-hybridized carbons (Fsp3) is 0.357. The number of hydrogen-bond donors (Lipinski definition) is 0. The van der Waals surface area contributed by atoms with Crippen LogP contribution in [0.2, 0.25) is 0 Å². The molecule has 0 nitrogen and oxygen atoms in total. The molecule has 152 valence electrons. The van der Waals surface area contributed by atoms with Gasteiger partial charge < -0.3 is 0 Å². The summed E-state index contributed by atoms with van der Waals surface area (Å²) in [5, 5.41) is 1.50. The molecule has 0 bridgehead atoms.